The number of carbonyl (C=O) groups is 1. The van der Waals surface area contributed by atoms with Gasteiger partial charge in [-0.15, -0.1) is 0 Å². The molecule has 0 unspecified atom stereocenters. The van der Waals surface area contributed by atoms with Crippen LogP contribution in [0.2, 0.25) is 0 Å². The van der Waals surface area contributed by atoms with Gasteiger partial charge in [0.2, 0.25) is 0 Å². The minimum Gasteiger partial charge on any atom is -0.496 e. The summed E-state index contributed by atoms with van der Waals surface area (Å²) in [5.74, 6) is 0.120. The van der Waals surface area contributed by atoms with Gasteiger partial charge in [0, 0.05) is 17.7 Å². The van der Waals surface area contributed by atoms with E-state index in [1.807, 2.05) is 19.1 Å². The van der Waals surface area contributed by atoms with E-state index < -0.39 is 10.9 Å². The van der Waals surface area contributed by atoms with Crippen LogP contribution in [0.3, 0.4) is 0 Å². The molecule has 2 aromatic rings. The molecule has 2 rings (SSSR count). The zero-order chi connectivity index (χ0) is 16.8. The number of rotatable bonds is 5. The molecule has 0 spiro atoms. The first-order valence-electron chi connectivity index (χ1n) is 6.78. The Morgan fingerprint density at radius 2 is 2.00 bits per heavy atom. The van der Waals surface area contributed by atoms with E-state index in [0.717, 1.165) is 11.1 Å². The number of nitro groups is 1. The topological polar surface area (TPSA) is 78.7 Å². The van der Waals surface area contributed by atoms with Crippen LogP contribution < -0.4 is 9.47 Å². The number of ether oxygens (including phenoxy) is 2. The molecule has 0 bridgehead atoms. The van der Waals surface area contributed by atoms with Crippen molar-refractivity contribution in [1.29, 1.82) is 0 Å². The van der Waals surface area contributed by atoms with Crippen LogP contribution in [0.5, 0.6) is 11.5 Å². The first kappa shape index (κ1) is 16.2. The van der Waals surface area contributed by atoms with Crippen LogP contribution in [0.1, 0.15) is 11.1 Å². The zero-order valence-corrected chi connectivity index (χ0v) is 12.7. The molecule has 0 aromatic heterocycles. The van der Waals surface area contributed by atoms with E-state index in [0.29, 0.717) is 5.75 Å². The summed E-state index contributed by atoms with van der Waals surface area (Å²) in [5.41, 5.74) is 1.63. The Labute approximate surface area is 133 Å². The summed E-state index contributed by atoms with van der Waals surface area (Å²) in [7, 11) is 1.55. The third-order valence-electron chi connectivity index (χ3n) is 3.03. The number of nitrogens with zero attached hydrogens (tertiary/aromatic N) is 1. The number of aryl methyl sites for hydroxylation is 1. The Balaban J connectivity index is 2.12. The van der Waals surface area contributed by atoms with Crippen LogP contribution in [0.15, 0.2) is 48.5 Å². The van der Waals surface area contributed by atoms with E-state index in [1.165, 1.54) is 30.3 Å². The number of methoxy groups -OCH3 is 1. The number of nitro benzene ring substituents is 1. The fraction of sp³-hybridized carbons (Fsp3) is 0.118. The zero-order valence-electron chi connectivity index (χ0n) is 12.7. The second-order valence-corrected chi connectivity index (χ2v) is 4.75. The van der Waals surface area contributed by atoms with Crippen LogP contribution in [0.25, 0.3) is 6.08 Å². The van der Waals surface area contributed by atoms with Gasteiger partial charge in [-0.25, -0.2) is 4.79 Å². The maximum absolute atomic E-state index is 11.8. The van der Waals surface area contributed by atoms with Gasteiger partial charge in [0.05, 0.1) is 18.1 Å². The highest BCUT2D eigenvalue weighted by Crippen LogP contribution is 2.22. The van der Waals surface area contributed by atoms with Gasteiger partial charge in [-0.3, -0.25) is 10.1 Å². The molecule has 0 saturated heterocycles. The second kappa shape index (κ2) is 7.22. The minimum atomic E-state index is -0.631. The SMILES string of the molecule is COc1ccc(C)cc1/C=C/C(=O)Oc1cccc([N+](=O)[O-])c1. The van der Waals surface area contributed by atoms with Crippen molar-refractivity contribution in [2.75, 3.05) is 7.11 Å². The molecule has 0 N–H and O–H groups in total. The predicted molar refractivity (Wildman–Crippen MR) is 85.5 cm³/mol. The molecule has 0 aliphatic carbocycles. The van der Waals surface area contributed by atoms with Crippen molar-refractivity contribution >= 4 is 17.7 Å². The summed E-state index contributed by atoms with van der Waals surface area (Å²) < 4.78 is 10.3. The van der Waals surface area contributed by atoms with Gasteiger partial charge in [0.15, 0.2) is 0 Å². The number of hydrogen-bond acceptors (Lipinski definition) is 5. The molecule has 0 aliphatic rings. The molecule has 0 amide bonds. The quantitative estimate of drug-likeness (QED) is 0.277. The largest absolute Gasteiger partial charge is 0.496 e. The highest BCUT2D eigenvalue weighted by Gasteiger charge is 2.08. The van der Waals surface area contributed by atoms with E-state index in [-0.39, 0.29) is 11.4 Å². The fourth-order valence-corrected chi connectivity index (χ4v) is 1.95. The summed E-state index contributed by atoms with van der Waals surface area (Å²) in [6, 6.07) is 11.0. The van der Waals surface area contributed by atoms with Crippen LogP contribution in [0.4, 0.5) is 5.69 Å². The maximum atomic E-state index is 11.8. The summed E-state index contributed by atoms with van der Waals surface area (Å²) >= 11 is 0. The van der Waals surface area contributed by atoms with Crippen molar-refractivity contribution in [1.82, 2.24) is 0 Å². The van der Waals surface area contributed by atoms with Crippen molar-refractivity contribution in [3.63, 3.8) is 0 Å². The summed E-state index contributed by atoms with van der Waals surface area (Å²) in [4.78, 5) is 22.0. The van der Waals surface area contributed by atoms with Crippen molar-refractivity contribution in [3.05, 3.63) is 69.8 Å². The van der Waals surface area contributed by atoms with Gasteiger partial charge >= 0.3 is 5.97 Å². The van der Waals surface area contributed by atoms with Gasteiger partial charge < -0.3 is 9.47 Å². The van der Waals surface area contributed by atoms with Crippen molar-refractivity contribution < 1.29 is 19.2 Å². The van der Waals surface area contributed by atoms with E-state index in [4.69, 9.17) is 9.47 Å². The van der Waals surface area contributed by atoms with E-state index in [9.17, 15) is 14.9 Å². The molecule has 6 heteroatoms. The number of non-ortho nitro benzene ring substituents is 1. The van der Waals surface area contributed by atoms with Gasteiger partial charge in [0.1, 0.15) is 11.5 Å². The number of hydrogen-bond donors (Lipinski definition) is 0. The highest BCUT2D eigenvalue weighted by molar-refractivity contribution is 5.89. The van der Waals surface area contributed by atoms with Crippen LogP contribution in [-0.4, -0.2) is 18.0 Å². The summed E-state index contributed by atoms with van der Waals surface area (Å²) in [6.07, 6.45) is 2.82. The van der Waals surface area contributed by atoms with Gasteiger partial charge in [-0.2, -0.15) is 0 Å². The molecule has 23 heavy (non-hydrogen) atoms. The van der Waals surface area contributed by atoms with Crippen LogP contribution >= 0.6 is 0 Å². The van der Waals surface area contributed by atoms with Gasteiger partial charge in [-0.05, 0) is 31.2 Å². The third-order valence-corrected chi connectivity index (χ3v) is 3.03. The highest BCUT2D eigenvalue weighted by atomic mass is 16.6. The lowest BCUT2D eigenvalue weighted by molar-refractivity contribution is -0.384. The van der Waals surface area contributed by atoms with Crippen LogP contribution in [0, 0.1) is 17.0 Å². The fourth-order valence-electron chi connectivity index (χ4n) is 1.95. The Bertz CT molecular complexity index is 767. The average Bonchev–Trinajstić information content (AvgIpc) is 2.53. The third kappa shape index (κ3) is 4.41. The second-order valence-electron chi connectivity index (χ2n) is 4.75. The Morgan fingerprint density at radius 3 is 2.70 bits per heavy atom. The molecule has 0 atom stereocenters. The standard InChI is InChI=1S/C17H15NO5/c1-12-6-8-16(22-2)13(10-12)7-9-17(19)23-15-5-3-4-14(11-15)18(20)21/h3-11H,1-2H3/b9-7+. The lowest BCUT2D eigenvalue weighted by atomic mass is 10.1. The molecule has 0 aliphatic heterocycles. The molecule has 6 nitrogen and oxygen atoms in total. The summed E-state index contributed by atoms with van der Waals surface area (Å²) in [5, 5.41) is 10.7. The monoisotopic (exact) mass is 313 g/mol. The smallest absolute Gasteiger partial charge is 0.336 e. The van der Waals surface area contributed by atoms with E-state index in [1.54, 1.807) is 19.3 Å². The first-order valence-corrected chi connectivity index (χ1v) is 6.78. The molecule has 2 aromatic carbocycles. The van der Waals surface area contributed by atoms with Crippen molar-refractivity contribution in [2.45, 2.75) is 6.92 Å². The lowest BCUT2D eigenvalue weighted by Gasteiger charge is -2.05. The Morgan fingerprint density at radius 1 is 1.22 bits per heavy atom. The molecule has 0 heterocycles. The van der Waals surface area contributed by atoms with Crippen molar-refractivity contribution in [3.8, 4) is 11.5 Å². The average molecular weight is 313 g/mol. The molecule has 0 fully saturated rings. The summed E-state index contributed by atoms with van der Waals surface area (Å²) in [6.45, 7) is 1.93. The maximum Gasteiger partial charge on any atom is 0.336 e. The lowest BCUT2D eigenvalue weighted by Crippen LogP contribution is -2.04. The van der Waals surface area contributed by atoms with Gasteiger partial charge in [0.25, 0.3) is 5.69 Å². The van der Waals surface area contributed by atoms with E-state index >= 15 is 0 Å². The van der Waals surface area contributed by atoms with Crippen molar-refractivity contribution in [2.24, 2.45) is 0 Å². The molecular formula is C17H15NO5. The molecule has 0 saturated carbocycles. The first-order chi connectivity index (χ1) is 11.0. The number of carbonyl (C=O) groups excluding carboxylic acids is 1. The Kier molecular flexibility index (Phi) is 5.09. The Hall–Kier alpha value is -3.15. The normalized spacial score (nSPS) is 10.5. The van der Waals surface area contributed by atoms with E-state index in [2.05, 4.69) is 0 Å². The van der Waals surface area contributed by atoms with Gasteiger partial charge in [-0.1, -0.05) is 17.7 Å². The molecular weight excluding hydrogens is 298 g/mol. The molecule has 118 valence electrons. The number of benzene rings is 2. The minimum absolute atomic E-state index is 0.116. The van der Waals surface area contributed by atoms with Crippen LogP contribution in [-0.2, 0) is 4.79 Å². The number of esters is 1. The predicted octanol–water partition coefficient (Wildman–Crippen LogP) is 3.53. The molecule has 0 radical (unpaired) electrons.